The molecule has 1 aromatic carbocycles. The molecule has 0 aromatic heterocycles. The first-order chi connectivity index (χ1) is 10.9. The van der Waals surface area contributed by atoms with Gasteiger partial charge in [0.2, 0.25) is 15.9 Å². The maximum atomic E-state index is 12.2. The minimum atomic E-state index is -3.60. The van der Waals surface area contributed by atoms with Crippen molar-refractivity contribution in [3.8, 4) is 5.75 Å². The van der Waals surface area contributed by atoms with E-state index in [0.29, 0.717) is 11.7 Å². The van der Waals surface area contributed by atoms with Crippen LogP contribution in [0.1, 0.15) is 26.2 Å². The van der Waals surface area contributed by atoms with Gasteiger partial charge in [-0.05, 0) is 43.0 Å². The number of hydrogen-bond acceptors (Lipinski definition) is 4. The number of carbonyl (C=O) groups is 1. The number of amides is 1. The van der Waals surface area contributed by atoms with Crippen molar-refractivity contribution in [1.29, 1.82) is 0 Å². The van der Waals surface area contributed by atoms with Gasteiger partial charge in [-0.25, -0.2) is 13.1 Å². The van der Waals surface area contributed by atoms with Gasteiger partial charge >= 0.3 is 0 Å². The van der Waals surface area contributed by atoms with Crippen LogP contribution in [0.4, 0.5) is 0 Å². The Hall–Kier alpha value is -1.60. The van der Waals surface area contributed by atoms with Gasteiger partial charge in [-0.1, -0.05) is 6.92 Å². The van der Waals surface area contributed by atoms with E-state index in [2.05, 4.69) is 11.6 Å². The Morgan fingerprint density at radius 2 is 1.87 bits per heavy atom. The van der Waals surface area contributed by atoms with Crippen molar-refractivity contribution in [2.24, 2.45) is 5.92 Å². The van der Waals surface area contributed by atoms with Crippen molar-refractivity contribution >= 4 is 15.9 Å². The lowest BCUT2D eigenvalue weighted by Gasteiger charge is -2.30. The lowest BCUT2D eigenvalue weighted by atomic mass is 9.99. The molecule has 128 valence electrons. The fraction of sp³-hybridized carbons (Fsp3) is 0.562. The molecule has 0 radical (unpaired) electrons. The van der Waals surface area contributed by atoms with Crippen molar-refractivity contribution in [3.05, 3.63) is 24.3 Å². The molecule has 0 spiro atoms. The Balaban J connectivity index is 1.83. The Bertz CT molecular complexity index is 620. The minimum Gasteiger partial charge on any atom is -0.497 e. The van der Waals surface area contributed by atoms with Gasteiger partial charge in [0.25, 0.3) is 0 Å². The predicted octanol–water partition coefficient (Wildman–Crippen LogP) is 1.62. The van der Waals surface area contributed by atoms with E-state index in [-0.39, 0.29) is 23.8 Å². The normalized spacial score (nSPS) is 16.3. The van der Waals surface area contributed by atoms with Crippen LogP contribution in [0.15, 0.2) is 29.2 Å². The second-order valence-corrected chi connectivity index (χ2v) is 7.65. The highest BCUT2D eigenvalue weighted by Gasteiger charge is 2.21. The Labute approximate surface area is 137 Å². The van der Waals surface area contributed by atoms with Crippen molar-refractivity contribution in [2.75, 3.05) is 26.7 Å². The molecule has 0 aliphatic carbocycles. The first-order valence-corrected chi connectivity index (χ1v) is 9.32. The van der Waals surface area contributed by atoms with Crippen LogP contribution in [0.5, 0.6) is 5.75 Å². The molecule has 2 rings (SSSR count). The highest BCUT2D eigenvalue weighted by atomic mass is 32.2. The summed E-state index contributed by atoms with van der Waals surface area (Å²) < 4.78 is 31.8. The Kier molecular flexibility index (Phi) is 6.01. The van der Waals surface area contributed by atoms with Gasteiger partial charge in [0.1, 0.15) is 5.75 Å². The van der Waals surface area contributed by atoms with E-state index >= 15 is 0 Å². The Morgan fingerprint density at radius 1 is 1.26 bits per heavy atom. The number of ether oxygens (including phenoxy) is 1. The molecular formula is C16H24N2O4S. The van der Waals surface area contributed by atoms with Crippen LogP contribution in [0.2, 0.25) is 0 Å². The molecule has 1 aliphatic heterocycles. The molecule has 1 aromatic rings. The smallest absolute Gasteiger partial charge is 0.240 e. The summed E-state index contributed by atoms with van der Waals surface area (Å²) in [5.41, 5.74) is 0. The third-order valence-corrected chi connectivity index (χ3v) is 5.61. The van der Waals surface area contributed by atoms with Gasteiger partial charge in [-0.15, -0.1) is 0 Å². The third-order valence-electron chi connectivity index (χ3n) is 4.14. The number of nitrogens with one attached hydrogen (secondary N) is 1. The van der Waals surface area contributed by atoms with Crippen LogP contribution in [-0.4, -0.2) is 46.0 Å². The van der Waals surface area contributed by atoms with Crippen LogP contribution >= 0.6 is 0 Å². The molecule has 7 heteroatoms. The van der Waals surface area contributed by atoms with E-state index < -0.39 is 10.0 Å². The fourth-order valence-electron chi connectivity index (χ4n) is 2.55. The van der Waals surface area contributed by atoms with Gasteiger partial charge < -0.3 is 9.64 Å². The SMILES string of the molecule is COc1ccc(S(=O)(=O)NCCC(=O)N2CCC(C)CC2)cc1. The first kappa shape index (κ1) is 17.7. The zero-order valence-electron chi connectivity index (χ0n) is 13.6. The summed E-state index contributed by atoms with van der Waals surface area (Å²) in [6.45, 7) is 3.83. The average Bonchev–Trinajstić information content (AvgIpc) is 2.55. The number of nitrogens with zero attached hydrogens (tertiary/aromatic N) is 1. The lowest BCUT2D eigenvalue weighted by Crippen LogP contribution is -2.39. The number of likely N-dealkylation sites (tertiary alicyclic amines) is 1. The zero-order valence-corrected chi connectivity index (χ0v) is 14.4. The molecule has 1 heterocycles. The summed E-state index contributed by atoms with van der Waals surface area (Å²) in [5, 5.41) is 0. The molecule has 1 N–H and O–H groups in total. The molecule has 0 unspecified atom stereocenters. The number of methoxy groups -OCH3 is 1. The van der Waals surface area contributed by atoms with Gasteiger partial charge in [-0.2, -0.15) is 0 Å². The first-order valence-electron chi connectivity index (χ1n) is 7.84. The highest BCUT2D eigenvalue weighted by Crippen LogP contribution is 2.17. The highest BCUT2D eigenvalue weighted by molar-refractivity contribution is 7.89. The van der Waals surface area contributed by atoms with Gasteiger partial charge in [-0.3, -0.25) is 4.79 Å². The summed E-state index contributed by atoms with van der Waals surface area (Å²) in [6.07, 6.45) is 2.22. The van der Waals surface area contributed by atoms with Crippen LogP contribution in [0.3, 0.4) is 0 Å². The summed E-state index contributed by atoms with van der Waals surface area (Å²) in [4.78, 5) is 14.1. The third kappa shape index (κ3) is 4.94. The second kappa shape index (κ2) is 7.79. The maximum Gasteiger partial charge on any atom is 0.240 e. The number of benzene rings is 1. The standard InChI is InChI=1S/C16H24N2O4S/c1-13-8-11-18(12-9-13)16(19)7-10-17-23(20,21)15-5-3-14(22-2)4-6-15/h3-6,13,17H,7-12H2,1-2H3. The minimum absolute atomic E-state index is 0.00864. The number of piperidine rings is 1. The quantitative estimate of drug-likeness (QED) is 0.854. The molecule has 1 fully saturated rings. The van der Waals surface area contributed by atoms with Crippen molar-refractivity contribution < 1.29 is 17.9 Å². The molecular weight excluding hydrogens is 316 g/mol. The largest absolute Gasteiger partial charge is 0.497 e. The van der Waals surface area contributed by atoms with Crippen LogP contribution in [0, 0.1) is 5.92 Å². The number of carbonyl (C=O) groups excluding carboxylic acids is 1. The van der Waals surface area contributed by atoms with Crippen molar-refractivity contribution in [3.63, 3.8) is 0 Å². The topological polar surface area (TPSA) is 75.7 Å². The fourth-order valence-corrected chi connectivity index (χ4v) is 3.58. The van der Waals surface area contributed by atoms with Crippen LogP contribution in [0.25, 0.3) is 0 Å². The van der Waals surface area contributed by atoms with E-state index in [0.717, 1.165) is 25.9 Å². The lowest BCUT2D eigenvalue weighted by molar-refractivity contribution is -0.132. The molecule has 1 saturated heterocycles. The number of sulfonamides is 1. The predicted molar refractivity (Wildman–Crippen MR) is 87.8 cm³/mol. The molecule has 0 atom stereocenters. The molecule has 6 nitrogen and oxygen atoms in total. The zero-order chi connectivity index (χ0) is 16.9. The van der Waals surface area contributed by atoms with E-state index in [1.807, 2.05) is 4.90 Å². The van der Waals surface area contributed by atoms with E-state index in [4.69, 9.17) is 4.74 Å². The molecule has 23 heavy (non-hydrogen) atoms. The number of rotatable bonds is 6. The summed E-state index contributed by atoms with van der Waals surface area (Å²) in [5.74, 6) is 1.26. The molecule has 0 saturated carbocycles. The molecule has 1 aliphatic rings. The molecule has 0 bridgehead atoms. The van der Waals surface area contributed by atoms with Crippen LogP contribution < -0.4 is 9.46 Å². The summed E-state index contributed by atoms with van der Waals surface area (Å²) in [7, 11) is -2.07. The maximum absolute atomic E-state index is 12.2. The van der Waals surface area contributed by atoms with E-state index in [9.17, 15) is 13.2 Å². The van der Waals surface area contributed by atoms with Crippen LogP contribution in [-0.2, 0) is 14.8 Å². The molecule has 1 amide bonds. The summed E-state index contributed by atoms with van der Waals surface area (Å²) >= 11 is 0. The van der Waals surface area contributed by atoms with E-state index in [1.54, 1.807) is 12.1 Å². The average molecular weight is 340 g/mol. The van der Waals surface area contributed by atoms with Gasteiger partial charge in [0.05, 0.1) is 12.0 Å². The van der Waals surface area contributed by atoms with Gasteiger partial charge in [0, 0.05) is 26.1 Å². The summed E-state index contributed by atoms with van der Waals surface area (Å²) in [6, 6.07) is 6.15. The Morgan fingerprint density at radius 3 is 2.43 bits per heavy atom. The van der Waals surface area contributed by atoms with Crippen molar-refractivity contribution in [1.82, 2.24) is 9.62 Å². The monoisotopic (exact) mass is 340 g/mol. The van der Waals surface area contributed by atoms with Crippen molar-refractivity contribution in [2.45, 2.75) is 31.1 Å². The van der Waals surface area contributed by atoms with E-state index in [1.165, 1.54) is 19.2 Å². The van der Waals surface area contributed by atoms with Gasteiger partial charge in [0.15, 0.2) is 0 Å². The second-order valence-electron chi connectivity index (χ2n) is 5.89. The number of hydrogen-bond donors (Lipinski definition) is 1.